The van der Waals surface area contributed by atoms with Crippen LogP contribution >= 0.6 is 0 Å². The van der Waals surface area contributed by atoms with Crippen molar-refractivity contribution in [1.29, 1.82) is 0 Å². The van der Waals surface area contributed by atoms with E-state index in [-0.39, 0.29) is 17.8 Å². The molecule has 0 radical (unpaired) electrons. The number of nitrogens with zero attached hydrogens (tertiary/aromatic N) is 2. The minimum absolute atomic E-state index is 0.0248. The molecule has 1 aromatic heterocycles. The zero-order chi connectivity index (χ0) is 16.2. The van der Waals surface area contributed by atoms with E-state index in [4.69, 9.17) is 4.52 Å². The van der Waals surface area contributed by atoms with Crippen LogP contribution in [0.3, 0.4) is 0 Å². The number of halogens is 1. The average molecular weight is 316 g/mol. The SMILES string of the molecule is CCCc1cc(C(=O)N2CCCC[C@H]2c2ccc(F)cc2)no1. The fraction of sp³-hybridized carbons (Fsp3) is 0.444. The largest absolute Gasteiger partial charge is 0.361 e. The van der Waals surface area contributed by atoms with Crippen molar-refractivity contribution in [2.45, 2.75) is 45.1 Å². The summed E-state index contributed by atoms with van der Waals surface area (Å²) >= 11 is 0. The van der Waals surface area contributed by atoms with Gasteiger partial charge < -0.3 is 9.42 Å². The topological polar surface area (TPSA) is 46.3 Å². The number of benzene rings is 1. The Bertz CT molecular complexity index is 666. The molecule has 0 unspecified atom stereocenters. The number of carbonyl (C=O) groups excluding carboxylic acids is 1. The lowest BCUT2D eigenvalue weighted by atomic mass is 9.95. The minimum atomic E-state index is -0.261. The number of carbonyl (C=O) groups is 1. The maximum absolute atomic E-state index is 13.1. The van der Waals surface area contributed by atoms with Gasteiger partial charge in [-0.25, -0.2) is 4.39 Å². The van der Waals surface area contributed by atoms with Gasteiger partial charge in [-0.05, 0) is 43.4 Å². The van der Waals surface area contributed by atoms with Crippen LogP contribution in [-0.4, -0.2) is 22.5 Å². The van der Waals surface area contributed by atoms with E-state index in [0.717, 1.165) is 43.4 Å². The van der Waals surface area contributed by atoms with Gasteiger partial charge in [0.1, 0.15) is 11.6 Å². The van der Waals surface area contributed by atoms with E-state index in [0.29, 0.717) is 12.2 Å². The lowest BCUT2D eigenvalue weighted by molar-refractivity contribution is 0.0601. The number of amides is 1. The molecule has 1 saturated heterocycles. The van der Waals surface area contributed by atoms with Gasteiger partial charge in [-0.15, -0.1) is 0 Å². The van der Waals surface area contributed by atoms with Crippen LogP contribution in [0.25, 0.3) is 0 Å². The van der Waals surface area contributed by atoms with Crippen LogP contribution in [0.4, 0.5) is 4.39 Å². The fourth-order valence-electron chi connectivity index (χ4n) is 3.13. The summed E-state index contributed by atoms with van der Waals surface area (Å²) < 4.78 is 18.4. The zero-order valence-electron chi connectivity index (χ0n) is 13.3. The molecule has 122 valence electrons. The number of aryl methyl sites for hydroxylation is 1. The van der Waals surface area contributed by atoms with Crippen molar-refractivity contribution in [3.05, 3.63) is 53.2 Å². The zero-order valence-corrected chi connectivity index (χ0v) is 13.3. The van der Waals surface area contributed by atoms with E-state index < -0.39 is 0 Å². The first kappa shape index (κ1) is 15.7. The molecule has 1 aliphatic rings. The van der Waals surface area contributed by atoms with E-state index in [2.05, 4.69) is 12.1 Å². The molecular formula is C18H21FN2O2. The Morgan fingerprint density at radius 2 is 2.13 bits per heavy atom. The Kier molecular flexibility index (Phi) is 4.74. The molecule has 5 heteroatoms. The molecule has 1 amide bonds. The Morgan fingerprint density at radius 3 is 2.87 bits per heavy atom. The second-order valence-electron chi connectivity index (χ2n) is 5.99. The number of hydrogen-bond donors (Lipinski definition) is 0. The van der Waals surface area contributed by atoms with E-state index in [1.54, 1.807) is 18.2 Å². The molecule has 1 aromatic carbocycles. The van der Waals surface area contributed by atoms with Gasteiger partial charge >= 0.3 is 0 Å². The third kappa shape index (κ3) is 3.44. The quantitative estimate of drug-likeness (QED) is 0.852. The Morgan fingerprint density at radius 1 is 1.35 bits per heavy atom. The predicted octanol–water partition coefficient (Wildman–Crippen LogP) is 4.13. The van der Waals surface area contributed by atoms with Crippen LogP contribution in [-0.2, 0) is 6.42 Å². The highest BCUT2D eigenvalue weighted by Crippen LogP contribution is 2.32. The van der Waals surface area contributed by atoms with Gasteiger partial charge in [0, 0.05) is 19.0 Å². The Hall–Kier alpha value is -2.17. The number of likely N-dealkylation sites (tertiary alicyclic amines) is 1. The van der Waals surface area contributed by atoms with E-state index in [1.807, 2.05) is 4.90 Å². The summed E-state index contributed by atoms with van der Waals surface area (Å²) in [5.74, 6) is 0.375. The number of hydrogen-bond acceptors (Lipinski definition) is 3. The highest BCUT2D eigenvalue weighted by molar-refractivity contribution is 5.92. The van der Waals surface area contributed by atoms with Crippen LogP contribution in [0.2, 0.25) is 0 Å². The standard InChI is InChI=1S/C18H21FN2O2/c1-2-5-15-12-16(20-23-15)18(22)21-11-4-3-6-17(21)13-7-9-14(19)10-8-13/h7-10,12,17H,2-6,11H2,1H3/t17-/m0/s1. The van der Waals surface area contributed by atoms with E-state index in [9.17, 15) is 9.18 Å². The van der Waals surface area contributed by atoms with E-state index >= 15 is 0 Å². The van der Waals surface area contributed by atoms with Crippen LogP contribution in [0, 0.1) is 5.82 Å². The van der Waals surface area contributed by atoms with Gasteiger partial charge in [0.15, 0.2) is 5.69 Å². The van der Waals surface area contributed by atoms with Crippen LogP contribution < -0.4 is 0 Å². The molecule has 0 aliphatic carbocycles. The Balaban J connectivity index is 1.82. The molecule has 23 heavy (non-hydrogen) atoms. The summed E-state index contributed by atoms with van der Waals surface area (Å²) in [5, 5.41) is 3.93. The first-order chi connectivity index (χ1) is 11.2. The molecule has 3 rings (SSSR count). The molecule has 0 N–H and O–H groups in total. The lowest BCUT2D eigenvalue weighted by Crippen LogP contribution is -2.38. The minimum Gasteiger partial charge on any atom is -0.361 e. The highest BCUT2D eigenvalue weighted by Gasteiger charge is 2.30. The highest BCUT2D eigenvalue weighted by atomic mass is 19.1. The molecule has 1 aliphatic heterocycles. The van der Waals surface area contributed by atoms with Gasteiger partial charge in [-0.2, -0.15) is 0 Å². The molecule has 0 bridgehead atoms. The van der Waals surface area contributed by atoms with Gasteiger partial charge in [0.05, 0.1) is 6.04 Å². The van der Waals surface area contributed by atoms with Crippen molar-refractivity contribution in [2.24, 2.45) is 0 Å². The first-order valence-corrected chi connectivity index (χ1v) is 8.21. The number of piperidine rings is 1. The number of rotatable bonds is 4. The molecule has 4 nitrogen and oxygen atoms in total. The third-order valence-electron chi connectivity index (χ3n) is 4.29. The molecule has 2 heterocycles. The van der Waals surface area contributed by atoms with Gasteiger partial charge in [-0.1, -0.05) is 24.2 Å². The van der Waals surface area contributed by atoms with Gasteiger partial charge in [0.2, 0.25) is 0 Å². The van der Waals surface area contributed by atoms with Crippen molar-refractivity contribution in [1.82, 2.24) is 10.1 Å². The third-order valence-corrected chi connectivity index (χ3v) is 4.29. The van der Waals surface area contributed by atoms with Crippen molar-refractivity contribution in [3.8, 4) is 0 Å². The molecule has 0 saturated carbocycles. The lowest BCUT2D eigenvalue weighted by Gasteiger charge is -2.35. The summed E-state index contributed by atoms with van der Waals surface area (Å²) in [4.78, 5) is 14.6. The smallest absolute Gasteiger partial charge is 0.276 e. The summed E-state index contributed by atoms with van der Waals surface area (Å²) in [6.07, 6.45) is 4.65. The van der Waals surface area contributed by atoms with Gasteiger partial charge in [-0.3, -0.25) is 4.79 Å². The molecule has 1 fully saturated rings. The van der Waals surface area contributed by atoms with Crippen molar-refractivity contribution in [3.63, 3.8) is 0 Å². The molecule has 2 aromatic rings. The molecular weight excluding hydrogens is 295 g/mol. The van der Waals surface area contributed by atoms with Crippen LogP contribution in [0.1, 0.15) is 60.5 Å². The summed E-state index contributed by atoms with van der Waals surface area (Å²) in [7, 11) is 0. The summed E-state index contributed by atoms with van der Waals surface area (Å²) in [6, 6.07) is 8.13. The maximum atomic E-state index is 13.1. The number of aromatic nitrogens is 1. The maximum Gasteiger partial charge on any atom is 0.276 e. The van der Waals surface area contributed by atoms with Crippen molar-refractivity contribution < 1.29 is 13.7 Å². The van der Waals surface area contributed by atoms with Gasteiger partial charge in [0.25, 0.3) is 5.91 Å². The van der Waals surface area contributed by atoms with Crippen LogP contribution in [0.5, 0.6) is 0 Å². The second-order valence-corrected chi connectivity index (χ2v) is 5.99. The fourth-order valence-corrected chi connectivity index (χ4v) is 3.13. The summed E-state index contributed by atoms with van der Waals surface area (Å²) in [5.41, 5.74) is 1.33. The normalized spacial score (nSPS) is 18.2. The molecule has 1 atom stereocenters. The van der Waals surface area contributed by atoms with E-state index in [1.165, 1.54) is 12.1 Å². The molecule has 0 spiro atoms. The first-order valence-electron chi connectivity index (χ1n) is 8.21. The van der Waals surface area contributed by atoms with Crippen LogP contribution in [0.15, 0.2) is 34.9 Å². The average Bonchev–Trinajstić information content (AvgIpc) is 3.04. The monoisotopic (exact) mass is 316 g/mol. The van der Waals surface area contributed by atoms with Crippen molar-refractivity contribution >= 4 is 5.91 Å². The van der Waals surface area contributed by atoms with Crippen molar-refractivity contribution in [2.75, 3.05) is 6.54 Å². The Labute approximate surface area is 135 Å². The second kappa shape index (κ2) is 6.94. The predicted molar refractivity (Wildman–Crippen MR) is 84.5 cm³/mol. The summed E-state index contributed by atoms with van der Waals surface area (Å²) in [6.45, 7) is 2.75.